The zero-order valence-corrected chi connectivity index (χ0v) is 20.3. The van der Waals surface area contributed by atoms with Crippen LogP contribution >= 0.6 is 0 Å². The number of H-pyrrole nitrogens is 1. The Morgan fingerprint density at radius 2 is 1.97 bits per heavy atom. The summed E-state index contributed by atoms with van der Waals surface area (Å²) in [6, 6.07) is 8.35. The summed E-state index contributed by atoms with van der Waals surface area (Å²) in [4.78, 5) is 33.7. The van der Waals surface area contributed by atoms with Gasteiger partial charge in [-0.1, -0.05) is 12.1 Å². The summed E-state index contributed by atoms with van der Waals surface area (Å²) in [7, 11) is 1.73. The van der Waals surface area contributed by atoms with Gasteiger partial charge in [0.1, 0.15) is 11.8 Å². The van der Waals surface area contributed by atoms with Gasteiger partial charge in [-0.3, -0.25) is 4.79 Å². The molecule has 2 aromatic rings. The minimum atomic E-state index is -5.08. The predicted molar refractivity (Wildman–Crippen MR) is 128 cm³/mol. The molecule has 1 fully saturated rings. The Morgan fingerprint density at radius 3 is 2.51 bits per heavy atom. The lowest BCUT2D eigenvalue weighted by Crippen LogP contribution is -2.31. The van der Waals surface area contributed by atoms with Gasteiger partial charge in [-0.2, -0.15) is 23.5 Å². The number of nitriles is 1. The number of piperidine rings is 1. The molecule has 0 atom stereocenters. The van der Waals surface area contributed by atoms with Gasteiger partial charge in [0.05, 0.1) is 13.3 Å². The van der Waals surface area contributed by atoms with Gasteiger partial charge in [0.2, 0.25) is 0 Å². The lowest BCUT2D eigenvalue weighted by molar-refractivity contribution is -0.192. The normalized spacial score (nSPS) is 16.7. The van der Waals surface area contributed by atoms with Crippen LogP contribution in [-0.4, -0.2) is 58.4 Å². The van der Waals surface area contributed by atoms with Crippen molar-refractivity contribution in [1.82, 2.24) is 15.0 Å². The highest BCUT2D eigenvalue weighted by molar-refractivity contribution is 6.03. The lowest BCUT2D eigenvalue weighted by atomic mass is 9.86. The van der Waals surface area contributed by atoms with Crippen LogP contribution in [0.5, 0.6) is 0 Å². The van der Waals surface area contributed by atoms with Crippen LogP contribution in [0.4, 0.5) is 18.9 Å². The fourth-order valence-corrected chi connectivity index (χ4v) is 4.32. The van der Waals surface area contributed by atoms with E-state index in [2.05, 4.69) is 33.5 Å². The molecule has 0 saturated carbocycles. The van der Waals surface area contributed by atoms with Crippen molar-refractivity contribution >= 4 is 23.1 Å². The highest BCUT2D eigenvalue weighted by Gasteiger charge is 2.38. The van der Waals surface area contributed by atoms with Crippen LogP contribution in [0.1, 0.15) is 71.9 Å². The third-order valence-corrected chi connectivity index (χ3v) is 6.27. The third-order valence-electron chi connectivity index (χ3n) is 6.27. The number of imidazole rings is 1. The molecule has 1 aromatic carbocycles. The molecular weight excluding hydrogens is 491 g/mol. The second-order valence-corrected chi connectivity index (χ2v) is 8.68. The van der Waals surface area contributed by atoms with Gasteiger partial charge in [-0.25, -0.2) is 9.78 Å². The van der Waals surface area contributed by atoms with E-state index in [1.807, 2.05) is 17.2 Å². The average Bonchev–Trinajstić information content (AvgIpc) is 3.39. The number of carbonyl (C=O) groups is 2. The number of carbonyl (C=O) groups excluding carboxylic acids is 1. The Balaban J connectivity index is 0.000000479. The lowest BCUT2D eigenvalue weighted by Gasteiger charge is -2.30. The number of benzene rings is 1. The molecule has 4 rings (SSSR count). The maximum absolute atomic E-state index is 12.7. The quantitative estimate of drug-likeness (QED) is 0.514. The second-order valence-electron chi connectivity index (χ2n) is 8.68. The summed E-state index contributed by atoms with van der Waals surface area (Å²) in [5.74, 6) is -2.46. The Kier molecular flexibility index (Phi) is 9.43. The van der Waals surface area contributed by atoms with Crippen molar-refractivity contribution in [3.05, 3.63) is 53.1 Å². The molecule has 12 heteroatoms. The van der Waals surface area contributed by atoms with Gasteiger partial charge in [0, 0.05) is 24.3 Å². The molecule has 2 heterocycles. The van der Waals surface area contributed by atoms with Crippen molar-refractivity contribution in [3.8, 4) is 6.07 Å². The number of hydrogen-bond donors (Lipinski definition) is 3. The first-order chi connectivity index (χ1) is 17.6. The van der Waals surface area contributed by atoms with E-state index in [0.29, 0.717) is 5.92 Å². The summed E-state index contributed by atoms with van der Waals surface area (Å²) in [5.41, 5.74) is 4.77. The van der Waals surface area contributed by atoms with E-state index >= 15 is 0 Å². The largest absolute Gasteiger partial charge is 0.490 e. The second kappa shape index (κ2) is 12.5. The number of amides is 1. The Bertz CT molecular complexity index is 1180. The van der Waals surface area contributed by atoms with E-state index in [0.717, 1.165) is 50.0 Å². The standard InChI is InChI=1S/C23H27N5O2.C2HF3O2/c1-30-28-11-9-16(10-12-28)18-7-8-21(20(13-18)17-5-3-2-4-6-17)27-23(29)22-25-15-19(14-24)26-22;3-2(4,5)1(6)7/h5,7-8,13,15-16H,2-4,6,9-12H2,1H3,(H,25,26)(H,27,29);(H,6,7). The number of carboxylic acid groups (broad SMARTS) is 1. The van der Waals surface area contributed by atoms with Crippen LogP contribution in [0.3, 0.4) is 0 Å². The van der Waals surface area contributed by atoms with Crippen molar-refractivity contribution in [2.24, 2.45) is 0 Å². The van der Waals surface area contributed by atoms with Gasteiger partial charge >= 0.3 is 12.1 Å². The zero-order chi connectivity index (χ0) is 27.0. The molecule has 9 nitrogen and oxygen atoms in total. The van der Waals surface area contributed by atoms with Crippen LogP contribution in [0.15, 0.2) is 30.5 Å². The summed E-state index contributed by atoms with van der Waals surface area (Å²) in [6.45, 7) is 1.86. The van der Waals surface area contributed by atoms with Gasteiger partial charge in [0.15, 0.2) is 5.82 Å². The van der Waals surface area contributed by atoms with Crippen LogP contribution in [0.2, 0.25) is 0 Å². The smallest absolute Gasteiger partial charge is 0.475 e. The molecule has 1 aromatic heterocycles. The fourth-order valence-electron chi connectivity index (χ4n) is 4.32. The summed E-state index contributed by atoms with van der Waals surface area (Å²) >= 11 is 0. The number of aliphatic carboxylic acids is 1. The van der Waals surface area contributed by atoms with Gasteiger partial charge in [0.25, 0.3) is 5.91 Å². The number of carboxylic acids is 1. The molecule has 0 bridgehead atoms. The molecule has 198 valence electrons. The highest BCUT2D eigenvalue weighted by Crippen LogP contribution is 2.36. The first-order valence-electron chi connectivity index (χ1n) is 11.8. The minimum absolute atomic E-state index is 0.145. The van der Waals surface area contributed by atoms with Crippen molar-refractivity contribution in [3.63, 3.8) is 0 Å². The number of aromatic nitrogens is 2. The minimum Gasteiger partial charge on any atom is -0.475 e. The maximum Gasteiger partial charge on any atom is 0.490 e. The van der Waals surface area contributed by atoms with E-state index in [1.54, 1.807) is 7.11 Å². The SMILES string of the molecule is CON1CCC(c2ccc(NC(=O)c3ncc(C#N)[nH]3)c(C3=CCCCC3)c2)CC1.O=C(O)C(F)(F)F. The van der Waals surface area contributed by atoms with Crippen LogP contribution < -0.4 is 5.32 Å². The number of allylic oxidation sites excluding steroid dienone is 2. The number of nitrogens with one attached hydrogen (secondary N) is 2. The van der Waals surface area contributed by atoms with E-state index in [9.17, 15) is 18.0 Å². The van der Waals surface area contributed by atoms with Gasteiger partial charge in [-0.05, 0) is 67.7 Å². The molecule has 1 aliphatic carbocycles. The first kappa shape index (κ1) is 27.9. The summed E-state index contributed by atoms with van der Waals surface area (Å²) in [6.07, 6.45) is 5.17. The van der Waals surface area contributed by atoms with Crippen molar-refractivity contribution in [2.45, 2.75) is 50.6 Å². The molecule has 0 spiro atoms. The predicted octanol–water partition coefficient (Wildman–Crippen LogP) is 4.87. The van der Waals surface area contributed by atoms with Gasteiger partial charge < -0.3 is 20.2 Å². The topological polar surface area (TPSA) is 131 Å². The molecule has 37 heavy (non-hydrogen) atoms. The number of nitrogens with zero attached hydrogens (tertiary/aromatic N) is 3. The number of hydrogen-bond acceptors (Lipinski definition) is 6. The highest BCUT2D eigenvalue weighted by atomic mass is 19.4. The first-order valence-corrected chi connectivity index (χ1v) is 11.8. The van der Waals surface area contributed by atoms with Crippen molar-refractivity contribution < 1.29 is 32.7 Å². The maximum atomic E-state index is 12.7. The van der Waals surface area contributed by atoms with Crippen molar-refractivity contribution in [2.75, 3.05) is 25.5 Å². The number of anilines is 1. The van der Waals surface area contributed by atoms with E-state index in [-0.39, 0.29) is 17.4 Å². The Morgan fingerprint density at radius 1 is 1.27 bits per heavy atom. The Labute approximate surface area is 211 Å². The number of alkyl halides is 3. The number of halogens is 3. The van der Waals surface area contributed by atoms with E-state index < -0.39 is 12.1 Å². The third kappa shape index (κ3) is 7.65. The fraction of sp³-hybridized carbons (Fsp3) is 0.440. The number of rotatable bonds is 5. The van der Waals surface area contributed by atoms with Gasteiger partial charge in [-0.15, -0.1) is 0 Å². The molecule has 0 unspecified atom stereocenters. The van der Waals surface area contributed by atoms with E-state index in [1.165, 1.54) is 30.2 Å². The number of aromatic amines is 1. The molecule has 3 N–H and O–H groups in total. The zero-order valence-electron chi connectivity index (χ0n) is 20.3. The summed E-state index contributed by atoms with van der Waals surface area (Å²) < 4.78 is 31.7. The molecule has 1 aliphatic heterocycles. The van der Waals surface area contributed by atoms with Crippen LogP contribution in [-0.2, 0) is 9.63 Å². The molecule has 0 radical (unpaired) electrons. The summed E-state index contributed by atoms with van der Waals surface area (Å²) in [5, 5.41) is 21.1. The Hall–Kier alpha value is -3.69. The number of hydroxylamine groups is 2. The molecule has 1 amide bonds. The molecule has 2 aliphatic rings. The monoisotopic (exact) mass is 519 g/mol. The van der Waals surface area contributed by atoms with Crippen LogP contribution in [0.25, 0.3) is 5.57 Å². The van der Waals surface area contributed by atoms with Crippen LogP contribution in [0, 0.1) is 11.3 Å². The molecular formula is C25H28F3N5O4. The average molecular weight is 520 g/mol. The van der Waals surface area contributed by atoms with E-state index in [4.69, 9.17) is 20.0 Å². The molecule has 1 saturated heterocycles. The van der Waals surface area contributed by atoms with Crippen molar-refractivity contribution in [1.29, 1.82) is 5.26 Å².